The third-order valence-corrected chi connectivity index (χ3v) is 4.01. The van der Waals surface area contributed by atoms with E-state index in [1.807, 2.05) is 20.0 Å². The SMILES string of the molecule is CCc1c(C)nc2c(-c3cnn(-c4ccncn4)c3)c[nH]n2c1=O. The van der Waals surface area contributed by atoms with Crippen LogP contribution in [0.4, 0.5) is 0 Å². The molecule has 8 nitrogen and oxygen atoms in total. The molecule has 24 heavy (non-hydrogen) atoms. The Morgan fingerprint density at radius 1 is 1.33 bits per heavy atom. The zero-order chi connectivity index (χ0) is 16.7. The van der Waals surface area contributed by atoms with Crippen LogP contribution in [-0.2, 0) is 6.42 Å². The fraction of sp³-hybridized carbons (Fsp3) is 0.188. The summed E-state index contributed by atoms with van der Waals surface area (Å²) in [6.07, 6.45) is 9.12. The molecule has 0 aliphatic carbocycles. The van der Waals surface area contributed by atoms with Crippen LogP contribution in [0.3, 0.4) is 0 Å². The summed E-state index contributed by atoms with van der Waals surface area (Å²) in [6, 6.07) is 1.77. The molecule has 0 bridgehead atoms. The molecule has 0 saturated carbocycles. The second-order valence-corrected chi connectivity index (χ2v) is 5.42. The maximum atomic E-state index is 12.5. The summed E-state index contributed by atoms with van der Waals surface area (Å²) < 4.78 is 3.13. The van der Waals surface area contributed by atoms with Crippen molar-refractivity contribution in [3.63, 3.8) is 0 Å². The Bertz CT molecular complexity index is 1070. The number of nitrogens with zero attached hydrogens (tertiary/aromatic N) is 6. The topological polar surface area (TPSA) is 93.8 Å². The van der Waals surface area contributed by atoms with Crippen molar-refractivity contribution < 1.29 is 0 Å². The predicted molar refractivity (Wildman–Crippen MR) is 88.1 cm³/mol. The molecule has 0 spiro atoms. The smallest absolute Gasteiger partial charge is 0.276 e. The third-order valence-electron chi connectivity index (χ3n) is 4.01. The number of hydrogen-bond acceptors (Lipinski definition) is 5. The van der Waals surface area contributed by atoms with Crippen LogP contribution in [0, 0.1) is 6.92 Å². The molecule has 1 N–H and O–H groups in total. The van der Waals surface area contributed by atoms with Crippen LogP contribution < -0.4 is 5.56 Å². The molecule has 4 aromatic heterocycles. The molecule has 0 amide bonds. The average Bonchev–Trinajstić information content (AvgIpc) is 3.22. The van der Waals surface area contributed by atoms with Gasteiger partial charge in [0.1, 0.15) is 6.33 Å². The van der Waals surface area contributed by atoms with Crippen molar-refractivity contribution in [3.8, 4) is 16.9 Å². The second kappa shape index (κ2) is 5.41. The van der Waals surface area contributed by atoms with Crippen LogP contribution in [-0.4, -0.2) is 34.3 Å². The van der Waals surface area contributed by atoms with Crippen LogP contribution in [0.25, 0.3) is 22.6 Å². The first-order valence-electron chi connectivity index (χ1n) is 7.60. The minimum absolute atomic E-state index is 0.0607. The molecule has 0 aliphatic heterocycles. The van der Waals surface area contributed by atoms with Gasteiger partial charge in [-0.3, -0.25) is 9.89 Å². The minimum atomic E-state index is -0.0607. The van der Waals surface area contributed by atoms with Crippen molar-refractivity contribution in [2.75, 3.05) is 0 Å². The van der Waals surface area contributed by atoms with Crippen molar-refractivity contribution in [3.05, 3.63) is 58.8 Å². The van der Waals surface area contributed by atoms with Crippen LogP contribution in [0.1, 0.15) is 18.2 Å². The van der Waals surface area contributed by atoms with Gasteiger partial charge >= 0.3 is 0 Å². The highest BCUT2D eigenvalue weighted by Gasteiger charge is 2.15. The largest absolute Gasteiger partial charge is 0.296 e. The lowest BCUT2D eigenvalue weighted by Gasteiger charge is -2.03. The first-order chi connectivity index (χ1) is 11.7. The fourth-order valence-electron chi connectivity index (χ4n) is 2.78. The number of nitrogens with one attached hydrogen (secondary N) is 1. The highest BCUT2D eigenvalue weighted by molar-refractivity contribution is 5.76. The molecule has 0 aliphatic rings. The zero-order valence-electron chi connectivity index (χ0n) is 13.3. The lowest BCUT2D eigenvalue weighted by molar-refractivity contribution is 0.839. The summed E-state index contributed by atoms with van der Waals surface area (Å²) in [4.78, 5) is 25.2. The van der Waals surface area contributed by atoms with E-state index in [9.17, 15) is 4.79 Å². The Morgan fingerprint density at radius 3 is 2.96 bits per heavy atom. The number of aromatic nitrogens is 7. The first kappa shape index (κ1) is 14.3. The van der Waals surface area contributed by atoms with E-state index < -0.39 is 0 Å². The highest BCUT2D eigenvalue weighted by Crippen LogP contribution is 2.23. The van der Waals surface area contributed by atoms with Gasteiger partial charge < -0.3 is 0 Å². The minimum Gasteiger partial charge on any atom is -0.296 e. The van der Waals surface area contributed by atoms with E-state index in [0.29, 0.717) is 17.9 Å². The maximum absolute atomic E-state index is 12.5. The number of H-pyrrole nitrogens is 1. The van der Waals surface area contributed by atoms with Gasteiger partial charge in [0, 0.05) is 47.0 Å². The molecule has 0 atom stereocenters. The number of aromatic amines is 1. The van der Waals surface area contributed by atoms with Gasteiger partial charge in [-0.2, -0.15) is 5.10 Å². The number of fused-ring (bicyclic) bond motifs is 1. The van der Waals surface area contributed by atoms with Crippen molar-refractivity contribution in [2.45, 2.75) is 20.3 Å². The van der Waals surface area contributed by atoms with Crippen LogP contribution in [0.2, 0.25) is 0 Å². The molecule has 0 fully saturated rings. The van der Waals surface area contributed by atoms with E-state index in [1.165, 1.54) is 10.8 Å². The number of aryl methyl sites for hydroxylation is 1. The van der Waals surface area contributed by atoms with Gasteiger partial charge in [-0.25, -0.2) is 24.1 Å². The van der Waals surface area contributed by atoms with Gasteiger partial charge in [-0.05, 0) is 13.3 Å². The molecule has 120 valence electrons. The quantitative estimate of drug-likeness (QED) is 0.617. The fourth-order valence-corrected chi connectivity index (χ4v) is 2.78. The molecule has 4 rings (SSSR count). The Morgan fingerprint density at radius 2 is 2.21 bits per heavy atom. The summed E-state index contributed by atoms with van der Waals surface area (Å²) in [5.41, 5.74) is 3.68. The van der Waals surface area contributed by atoms with E-state index in [-0.39, 0.29) is 5.56 Å². The molecule has 0 unspecified atom stereocenters. The lowest BCUT2D eigenvalue weighted by atomic mass is 10.1. The Hall–Kier alpha value is -3.29. The molecule has 4 aromatic rings. The zero-order valence-corrected chi connectivity index (χ0v) is 13.3. The van der Waals surface area contributed by atoms with Crippen LogP contribution in [0.15, 0.2) is 42.0 Å². The Labute approximate surface area is 136 Å². The predicted octanol–water partition coefficient (Wildman–Crippen LogP) is 1.54. The monoisotopic (exact) mass is 321 g/mol. The summed E-state index contributed by atoms with van der Waals surface area (Å²) in [5.74, 6) is 0.672. The van der Waals surface area contributed by atoms with Crippen molar-refractivity contribution in [2.24, 2.45) is 0 Å². The number of hydrogen-bond donors (Lipinski definition) is 1. The first-order valence-corrected chi connectivity index (χ1v) is 7.60. The molecule has 0 radical (unpaired) electrons. The Balaban J connectivity index is 1.86. The van der Waals surface area contributed by atoms with Crippen LogP contribution in [0.5, 0.6) is 0 Å². The van der Waals surface area contributed by atoms with Crippen molar-refractivity contribution in [1.29, 1.82) is 0 Å². The van der Waals surface area contributed by atoms with Crippen LogP contribution >= 0.6 is 0 Å². The molecule has 8 heteroatoms. The standard InChI is InChI=1S/C16H15N7O/c1-3-12-10(2)21-15-13(7-20-23(15)16(12)24)11-6-19-22(8-11)14-4-5-17-9-18-14/h4-9,20H,3H2,1-2H3. The normalized spacial score (nSPS) is 11.2. The van der Waals surface area contributed by atoms with Gasteiger partial charge in [0.2, 0.25) is 0 Å². The van der Waals surface area contributed by atoms with Gasteiger partial charge in [0.25, 0.3) is 5.56 Å². The highest BCUT2D eigenvalue weighted by atomic mass is 16.1. The summed E-state index contributed by atoms with van der Waals surface area (Å²) in [7, 11) is 0. The van der Waals surface area contributed by atoms with Gasteiger partial charge in [-0.15, -0.1) is 0 Å². The van der Waals surface area contributed by atoms with Crippen molar-refractivity contribution >= 4 is 5.65 Å². The average molecular weight is 321 g/mol. The summed E-state index contributed by atoms with van der Waals surface area (Å²) in [5, 5.41) is 7.31. The van der Waals surface area contributed by atoms with Crippen molar-refractivity contribution in [1.82, 2.24) is 34.3 Å². The van der Waals surface area contributed by atoms with E-state index in [2.05, 4.69) is 25.1 Å². The maximum Gasteiger partial charge on any atom is 0.276 e. The van der Waals surface area contributed by atoms with E-state index >= 15 is 0 Å². The van der Waals surface area contributed by atoms with E-state index in [0.717, 1.165) is 22.4 Å². The summed E-state index contributed by atoms with van der Waals surface area (Å²) >= 11 is 0. The number of rotatable bonds is 3. The Kier molecular flexibility index (Phi) is 3.23. The van der Waals surface area contributed by atoms with Gasteiger partial charge in [0.15, 0.2) is 11.5 Å². The summed E-state index contributed by atoms with van der Waals surface area (Å²) in [6.45, 7) is 3.81. The molecular weight excluding hydrogens is 306 g/mol. The molecule has 4 heterocycles. The molecule has 0 aromatic carbocycles. The molecular formula is C16H15N7O. The third kappa shape index (κ3) is 2.11. The van der Waals surface area contributed by atoms with E-state index in [1.54, 1.807) is 29.3 Å². The van der Waals surface area contributed by atoms with Gasteiger partial charge in [0.05, 0.1) is 6.20 Å². The van der Waals surface area contributed by atoms with E-state index in [4.69, 9.17) is 0 Å². The van der Waals surface area contributed by atoms with Gasteiger partial charge in [-0.1, -0.05) is 6.92 Å². The molecule has 0 saturated heterocycles. The second-order valence-electron chi connectivity index (χ2n) is 5.42. The lowest BCUT2D eigenvalue weighted by Crippen LogP contribution is -2.21.